The lowest BCUT2D eigenvalue weighted by Crippen LogP contribution is -2.59. The molecule has 0 spiro atoms. The second-order valence-electron chi connectivity index (χ2n) is 3.12. The van der Waals surface area contributed by atoms with Crippen molar-refractivity contribution in [2.24, 2.45) is 0 Å². The van der Waals surface area contributed by atoms with Crippen LogP contribution in [0.1, 0.15) is 33.6 Å². The maximum atomic E-state index is 11.6. The molecule has 0 aromatic carbocycles. The van der Waals surface area contributed by atoms with Crippen LogP contribution >= 0.6 is 0 Å². The zero-order chi connectivity index (χ0) is 11.9. The van der Waals surface area contributed by atoms with Crippen LogP contribution in [0.25, 0.3) is 0 Å². The van der Waals surface area contributed by atoms with Gasteiger partial charge >= 0.3 is 8.97 Å². The Hall–Kier alpha value is -0.433. The summed E-state index contributed by atoms with van der Waals surface area (Å²) >= 11 is 0. The van der Waals surface area contributed by atoms with Gasteiger partial charge < -0.3 is 18.2 Å². The van der Waals surface area contributed by atoms with Crippen LogP contribution in [-0.2, 0) is 13.6 Å². The van der Waals surface area contributed by atoms with Crippen molar-refractivity contribution in [3.8, 4) is 0 Å². The minimum Gasteiger partial charge on any atom is -0.373 e. The van der Waals surface area contributed by atoms with Crippen LogP contribution in [0.15, 0.2) is 0 Å². The van der Waals surface area contributed by atoms with Crippen LogP contribution in [0.2, 0.25) is 0 Å². The molecule has 0 rings (SSSR count). The van der Waals surface area contributed by atoms with Gasteiger partial charge in [-0.05, 0) is 20.3 Å². The number of carbonyl (C=O) groups is 1. The van der Waals surface area contributed by atoms with Gasteiger partial charge in [0.2, 0.25) is 5.91 Å². The molecule has 0 saturated heterocycles. The van der Waals surface area contributed by atoms with Gasteiger partial charge in [-0.25, -0.2) is 0 Å². The Labute approximate surface area is 92.4 Å². The van der Waals surface area contributed by atoms with Gasteiger partial charge in [-0.3, -0.25) is 4.79 Å². The van der Waals surface area contributed by atoms with Gasteiger partial charge in [-0.15, -0.1) is 0 Å². The summed E-state index contributed by atoms with van der Waals surface area (Å²) in [6.45, 7) is 6.08. The van der Waals surface area contributed by atoms with Crippen molar-refractivity contribution in [3.63, 3.8) is 0 Å². The predicted molar refractivity (Wildman–Crippen MR) is 58.9 cm³/mol. The monoisotopic (exact) mass is 235 g/mol. The van der Waals surface area contributed by atoms with E-state index in [2.05, 4.69) is 0 Å². The van der Waals surface area contributed by atoms with E-state index < -0.39 is 8.97 Å². The van der Waals surface area contributed by atoms with E-state index in [0.717, 1.165) is 6.42 Å². The minimum absolute atomic E-state index is 0.145. The van der Waals surface area contributed by atoms with E-state index in [1.807, 2.05) is 6.92 Å². The lowest BCUT2D eigenvalue weighted by atomic mass is 10.3. The van der Waals surface area contributed by atoms with Crippen molar-refractivity contribution in [3.05, 3.63) is 0 Å². The SMILES string of the molecule is CCCC(=O)N(C)[Si](O)(OCC)OCC. The molecule has 6 heteroatoms. The van der Waals surface area contributed by atoms with Gasteiger partial charge in [-0.1, -0.05) is 6.92 Å². The van der Waals surface area contributed by atoms with Crippen molar-refractivity contribution in [1.29, 1.82) is 0 Å². The quantitative estimate of drug-likeness (QED) is 0.661. The maximum Gasteiger partial charge on any atom is 0.632 e. The summed E-state index contributed by atoms with van der Waals surface area (Å²) in [7, 11) is -1.95. The molecule has 0 unspecified atom stereocenters. The van der Waals surface area contributed by atoms with Crippen LogP contribution in [0.4, 0.5) is 0 Å². The Kier molecular flexibility index (Phi) is 6.74. The van der Waals surface area contributed by atoms with E-state index in [0.29, 0.717) is 19.6 Å². The number of hydrogen-bond donors (Lipinski definition) is 1. The Morgan fingerprint density at radius 1 is 1.27 bits per heavy atom. The molecule has 0 heterocycles. The van der Waals surface area contributed by atoms with Crippen LogP contribution in [0.3, 0.4) is 0 Å². The Balaban J connectivity index is 4.52. The van der Waals surface area contributed by atoms with Gasteiger partial charge in [0.25, 0.3) is 0 Å². The third-order valence-corrected chi connectivity index (χ3v) is 4.35. The van der Waals surface area contributed by atoms with Gasteiger partial charge in [0, 0.05) is 26.7 Å². The van der Waals surface area contributed by atoms with Crippen molar-refractivity contribution in [1.82, 2.24) is 4.57 Å². The smallest absolute Gasteiger partial charge is 0.373 e. The first-order valence-electron chi connectivity index (χ1n) is 5.28. The topological polar surface area (TPSA) is 59.0 Å². The zero-order valence-corrected chi connectivity index (χ0v) is 10.9. The van der Waals surface area contributed by atoms with E-state index >= 15 is 0 Å². The fourth-order valence-electron chi connectivity index (χ4n) is 1.15. The standard InChI is InChI=1S/C9H21NO4Si/c1-5-8-9(11)10(4)15(12,13-6-2)14-7-3/h12H,5-8H2,1-4H3. The number of rotatable bonds is 7. The highest BCUT2D eigenvalue weighted by atomic mass is 28.4. The maximum absolute atomic E-state index is 11.6. The molecular formula is C9H21NO4Si. The first kappa shape index (κ1) is 14.6. The zero-order valence-electron chi connectivity index (χ0n) is 9.95. The fraction of sp³-hybridized carbons (Fsp3) is 0.889. The van der Waals surface area contributed by atoms with E-state index in [1.54, 1.807) is 13.8 Å². The molecule has 0 aromatic heterocycles. The lowest BCUT2D eigenvalue weighted by molar-refractivity contribution is -0.129. The highest BCUT2D eigenvalue weighted by Crippen LogP contribution is 2.10. The number of hydrogen-bond acceptors (Lipinski definition) is 4. The third kappa shape index (κ3) is 4.29. The first-order valence-corrected chi connectivity index (χ1v) is 6.99. The summed E-state index contributed by atoms with van der Waals surface area (Å²) in [4.78, 5) is 21.7. The molecule has 0 bridgehead atoms. The Morgan fingerprint density at radius 2 is 1.73 bits per heavy atom. The molecule has 5 nitrogen and oxygen atoms in total. The normalized spacial score (nSPS) is 11.5. The highest BCUT2D eigenvalue weighted by molar-refractivity contribution is 6.58. The first-order chi connectivity index (χ1) is 7.01. The molecule has 0 atom stereocenters. The molecule has 0 saturated carbocycles. The lowest BCUT2D eigenvalue weighted by Gasteiger charge is -2.30. The third-order valence-electron chi connectivity index (χ3n) is 1.93. The fourth-order valence-corrected chi connectivity index (χ4v) is 2.80. The van der Waals surface area contributed by atoms with E-state index in [-0.39, 0.29) is 5.91 Å². The van der Waals surface area contributed by atoms with Crippen LogP contribution in [-0.4, -0.2) is 44.5 Å². The van der Waals surface area contributed by atoms with Gasteiger partial charge in [0.05, 0.1) is 0 Å². The predicted octanol–water partition coefficient (Wildman–Crippen LogP) is 0.746. The van der Waals surface area contributed by atoms with E-state index in [9.17, 15) is 9.59 Å². The summed E-state index contributed by atoms with van der Waals surface area (Å²) in [5.41, 5.74) is 0. The molecule has 90 valence electrons. The van der Waals surface area contributed by atoms with Crippen molar-refractivity contribution < 1.29 is 18.4 Å². The average molecular weight is 235 g/mol. The van der Waals surface area contributed by atoms with Gasteiger partial charge in [0.15, 0.2) is 0 Å². The highest BCUT2D eigenvalue weighted by Gasteiger charge is 2.45. The Bertz CT molecular complexity index is 195. The van der Waals surface area contributed by atoms with Crippen molar-refractivity contribution in [2.45, 2.75) is 33.6 Å². The number of nitrogens with zero attached hydrogens (tertiary/aromatic N) is 1. The second-order valence-corrected chi connectivity index (χ2v) is 5.46. The Morgan fingerprint density at radius 3 is 2.07 bits per heavy atom. The number of carbonyl (C=O) groups excluding carboxylic acids is 1. The molecule has 0 aromatic rings. The number of amides is 1. The van der Waals surface area contributed by atoms with Gasteiger partial charge in [0.1, 0.15) is 0 Å². The summed E-state index contributed by atoms with van der Waals surface area (Å²) < 4.78 is 11.6. The molecule has 1 N–H and O–H groups in total. The summed E-state index contributed by atoms with van der Waals surface area (Å²) in [5, 5.41) is 0. The van der Waals surface area contributed by atoms with Crippen LogP contribution < -0.4 is 0 Å². The summed E-state index contributed by atoms with van der Waals surface area (Å²) in [6.07, 6.45) is 1.14. The van der Waals surface area contributed by atoms with E-state index in [1.165, 1.54) is 11.6 Å². The molecule has 0 radical (unpaired) electrons. The molecule has 0 aliphatic heterocycles. The molecular weight excluding hydrogens is 214 g/mol. The van der Waals surface area contributed by atoms with Crippen molar-refractivity contribution >= 4 is 14.9 Å². The molecule has 0 fully saturated rings. The van der Waals surface area contributed by atoms with Crippen molar-refractivity contribution in [2.75, 3.05) is 20.3 Å². The van der Waals surface area contributed by atoms with Crippen LogP contribution in [0, 0.1) is 0 Å². The molecule has 15 heavy (non-hydrogen) atoms. The van der Waals surface area contributed by atoms with Crippen LogP contribution in [0.5, 0.6) is 0 Å². The minimum atomic E-state index is -3.47. The van der Waals surface area contributed by atoms with Gasteiger partial charge in [-0.2, -0.15) is 0 Å². The van der Waals surface area contributed by atoms with E-state index in [4.69, 9.17) is 8.85 Å². The molecule has 0 aliphatic rings. The largest absolute Gasteiger partial charge is 0.632 e. The average Bonchev–Trinajstić information content (AvgIpc) is 2.17. The summed E-state index contributed by atoms with van der Waals surface area (Å²) in [6, 6.07) is 0. The molecule has 1 amide bonds. The second kappa shape index (κ2) is 6.94. The molecule has 0 aliphatic carbocycles. The summed E-state index contributed by atoms with van der Waals surface area (Å²) in [5.74, 6) is -0.145.